The SMILES string of the molecule is Cc1cccc(Cl)c1[NH+]([O-])Cc1cccc(/C=N/Nc2ncc(F)c(N3CCOCC3)n2)n1. The van der Waals surface area contributed by atoms with Crippen LogP contribution in [0.5, 0.6) is 0 Å². The molecule has 1 aliphatic rings. The van der Waals surface area contributed by atoms with Gasteiger partial charge in [-0.1, -0.05) is 29.8 Å². The standard InChI is InChI=1S/C22H23ClFN7O2/c1-15-4-2-7-18(23)20(15)31(32)14-17-6-3-5-16(27-17)12-26-29-22-25-13-19(24)21(28-22)30-8-10-33-11-9-30/h2-7,12-13,31H,8-11,14H2,1H3,(H,25,28,29)/b26-12+. The maximum atomic E-state index is 14.1. The number of hydrazone groups is 1. The lowest BCUT2D eigenvalue weighted by atomic mass is 10.2. The van der Waals surface area contributed by atoms with E-state index >= 15 is 0 Å². The van der Waals surface area contributed by atoms with Gasteiger partial charge >= 0.3 is 0 Å². The molecule has 9 nitrogen and oxygen atoms in total. The predicted molar refractivity (Wildman–Crippen MR) is 124 cm³/mol. The van der Waals surface area contributed by atoms with E-state index in [2.05, 4.69) is 25.5 Å². The molecule has 0 aliphatic carbocycles. The van der Waals surface area contributed by atoms with Gasteiger partial charge < -0.3 is 19.9 Å². The van der Waals surface area contributed by atoms with E-state index in [1.807, 2.05) is 19.1 Å². The van der Waals surface area contributed by atoms with Crippen molar-refractivity contribution >= 4 is 35.3 Å². The van der Waals surface area contributed by atoms with E-state index in [9.17, 15) is 9.60 Å². The van der Waals surface area contributed by atoms with Crippen LogP contribution in [0, 0.1) is 17.9 Å². The Morgan fingerprint density at radius 3 is 2.82 bits per heavy atom. The van der Waals surface area contributed by atoms with E-state index < -0.39 is 5.82 Å². The predicted octanol–water partition coefficient (Wildman–Crippen LogP) is 2.47. The molecule has 3 heterocycles. The van der Waals surface area contributed by atoms with E-state index in [4.69, 9.17) is 16.3 Å². The molecule has 3 aromatic rings. The van der Waals surface area contributed by atoms with Crippen molar-refractivity contribution in [1.29, 1.82) is 0 Å². The molecule has 0 bridgehead atoms. The Morgan fingerprint density at radius 1 is 1.24 bits per heavy atom. The minimum absolute atomic E-state index is 0.104. The van der Waals surface area contributed by atoms with Gasteiger partial charge in [-0.2, -0.15) is 10.1 Å². The van der Waals surface area contributed by atoms with Crippen LogP contribution in [0.1, 0.15) is 17.0 Å². The van der Waals surface area contributed by atoms with Crippen molar-refractivity contribution < 1.29 is 14.2 Å². The number of hydroxylamine groups is 1. The minimum Gasteiger partial charge on any atom is -0.629 e. The molecule has 33 heavy (non-hydrogen) atoms. The van der Waals surface area contributed by atoms with Crippen LogP contribution in [0.2, 0.25) is 5.02 Å². The van der Waals surface area contributed by atoms with E-state index in [0.29, 0.717) is 48.4 Å². The van der Waals surface area contributed by atoms with Gasteiger partial charge in [0, 0.05) is 18.7 Å². The highest BCUT2D eigenvalue weighted by Gasteiger charge is 2.18. The van der Waals surface area contributed by atoms with E-state index in [-0.39, 0.29) is 23.4 Å². The first-order valence-electron chi connectivity index (χ1n) is 10.4. The Labute approximate surface area is 195 Å². The summed E-state index contributed by atoms with van der Waals surface area (Å²) in [5.74, 6) is -0.131. The largest absolute Gasteiger partial charge is 0.629 e. The van der Waals surface area contributed by atoms with Crippen molar-refractivity contribution in [2.75, 3.05) is 36.6 Å². The maximum absolute atomic E-state index is 14.1. The summed E-state index contributed by atoms with van der Waals surface area (Å²) in [7, 11) is 0. The van der Waals surface area contributed by atoms with Crippen LogP contribution >= 0.6 is 11.6 Å². The van der Waals surface area contributed by atoms with Gasteiger partial charge in [0.05, 0.1) is 37.0 Å². The molecular formula is C22H23ClFN7O2. The molecule has 11 heteroatoms. The molecule has 0 amide bonds. The fourth-order valence-corrected chi connectivity index (χ4v) is 3.80. The van der Waals surface area contributed by atoms with Gasteiger partial charge in [-0.15, -0.1) is 0 Å². The summed E-state index contributed by atoms with van der Waals surface area (Å²) in [5, 5.41) is 17.2. The van der Waals surface area contributed by atoms with E-state index in [1.165, 1.54) is 6.21 Å². The molecule has 1 saturated heterocycles. The molecule has 4 rings (SSSR count). The fourth-order valence-electron chi connectivity index (χ4n) is 3.47. The highest BCUT2D eigenvalue weighted by Crippen LogP contribution is 2.21. The zero-order valence-corrected chi connectivity index (χ0v) is 18.7. The van der Waals surface area contributed by atoms with Crippen LogP contribution in [0.25, 0.3) is 0 Å². The summed E-state index contributed by atoms with van der Waals surface area (Å²) in [5.41, 5.74) is 5.16. The Morgan fingerprint density at radius 2 is 2.03 bits per heavy atom. The number of aromatic nitrogens is 3. The monoisotopic (exact) mass is 471 g/mol. The van der Waals surface area contributed by atoms with Crippen molar-refractivity contribution in [3.8, 4) is 0 Å². The topological polar surface area (TPSA) is 103 Å². The molecule has 0 spiro atoms. The van der Waals surface area contributed by atoms with Crippen LogP contribution in [0.4, 0.5) is 21.8 Å². The number of ether oxygens (including phenoxy) is 1. The Balaban J connectivity index is 1.42. The average Bonchev–Trinajstić information content (AvgIpc) is 2.81. The number of nitrogens with one attached hydrogen (secondary N) is 2. The minimum atomic E-state index is -0.501. The van der Waals surface area contributed by atoms with Gasteiger partial charge in [-0.25, -0.2) is 19.8 Å². The molecule has 1 fully saturated rings. The maximum Gasteiger partial charge on any atom is 0.245 e. The lowest BCUT2D eigenvalue weighted by molar-refractivity contribution is -0.792. The van der Waals surface area contributed by atoms with Crippen LogP contribution in [0.3, 0.4) is 0 Å². The van der Waals surface area contributed by atoms with Gasteiger partial charge in [0.1, 0.15) is 11.6 Å². The zero-order chi connectivity index (χ0) is 23.2. The van der Waals surface area contributed by atoms with Gasteiger partial charge in [0.2, 0.25) is 5.95 Å². The summed E-state index contributed by atoms with van der Waals surface area (Å²) < 4.78 is 19.4. The summed E-state index contributed by atoms with van der Waals surface area (Å²) in [6, 6.07) is 10.7. The molecule has 0 radical (unpaired) electrons. The number of morpholine rings is 1. The number of rotatable bonds is 7. The van der Waals surface area contributed by atoms with Gasteiger partial charge in [0.25, 0.3) is 0 Å². The number of nitrogens with zero attached hydrogens (tertiary/aromatic N) is 5. The number of aryl methyl sites for hydroxylation is 1. The number of quaternary nitrogens is 1. The first-order valence-corrected chi connectivity index (χ1v) is 10.8. The third-order valence-electron chi connectivity index (χ3n) is 5.07. The molecule has 1 atom stereocenters. The van der Waals surface area contributed by atoms with Crippen molar-refractivity contribution in [3.05, 3.63) is 75.6 Å². The Kier molecular flexibility index (Phi) is 7.40. The molecular weight excluding hydrogens is 449 g/mol. The van der Waals surface area contributed by atoms with Gasteiger partial charge in [0.15, 0.2) is 17.3 Å². The van der Waals surface area contributed by atoms with Crippen molar-refractivity contribution in [3.63, 3.8) is 0 Å². The third kappa shape index (κ3) is 5.79. The van der Waals surface area contributed by atoms with Gasteiger partial charge in [-0.3, -0.25) is 0 Å². The molecule has 172 valence electrons. The molecule has 2 aromatic heterocycles. The number of anilines is 2. The van der Waals surface area contributed by atoms with Gasteiger partial charge in [-0.05, 0) is 25.1 Å². The molecule has 2 N–H and O–H groups in total. The van der Waals surface area contributed by atoms with E-state index in [0.717, 1.165) is 11.8 Å². The number of benzene rings is 1. The number of pyridine rings is 1. The van der Waals surface area contributed by atoms with Crippen LogP contribution in [-0.2, 0) is 11.3 Å². The Hall–Kier alpha value is -3.18. The first-order chi connectivity index (χ1) is 16.0. The molecule has 1 aliphatic heterocycles. The summed E-state index contributed by atoms with van der Waals surface area (Å²) in [4.78, 5) is 14.4. The van der Waals surface area contributed by atoms with Crippen molar-refractivity contribution in [2.24, 2.45) is 5.10 Å². The van der Waals surface area contributed by atoms with Crippen LogP contribution in [-0.4, -0.2) is 47.5 Å². The first kappa shape index (κ1) is 23.0. The smallest absolute Gasteiger partial charge is 0.245 e. The number of hydrogen-bond acceptors (Lipinski definition) is 8. The third-order valence-corrected chi connectivity index (χ3v) is 5.38. The summed E-state index contributed by atoms with van der Waals surface area (Å²) >= 11 is 6.20. The number of hydrogen-bond donors (Lipinski definition) is 2. The van der Waals surface area contributed by atoms with Crippen molar-refractivity contribution in [2.45, 2.75) is 13.5 Å². The quantitative estimate of drug-likeness (QED) is 0.403. The second kappa shape index (κ2) is 10.6. The Bertz CT molecular complexity index is 1120. The lowest BCUT2D eigenvalue weighted by Crippen LogP contribution is -3.00. The molecule has 1 aromatic carbocycles. The fraction of sp³-hybridized carbons (Fsp3) is 0.273. The van der Waals surface area contributed by atoms with E-state index in [1.54, 1.807) is 29.2 Å². The summed E-state index contributed by atoms with van der Waals surface area (Å²) in [6.07, 6.45) is 2.59. The highest BCUT2D eigenvalue weighted by molar-refractivity contribution is 6.32. The number of halogens is 2. The zero-order valence-electron chi connectivity index (χ0n) is 18.0. The highest BCUT2D eigenvalue weighted by atomic mass is 35.5. The van der Waals surface area contributed by atoms with Crippen molar-refractivity contribution in [1.82, 2.24) is 15.0 Å². The molecule has 1 unspecified atom stereocenters. The van der Waals surface area contributed by atoms with Crippen LogP contribution < -0.4 is 15.4 Å². The average molecular weight is 472 g/mol. The molecule has 0 saturated carbocycles. The lowest BCUT2D eigenvalue weighted by Gasteiger charge is -2.27. The summed E-state index contributed by atoms with van der Waals surface area (Å²) in [6.45, 7) is 4.11. The second-order valence-electron chi connectivity index (χ2n) is 7.42. The number of para-hydroxylation sites is 1. The normalized spacial score (nSPS) is 15.1. The second-order valence-corrected chi connectivity index (χ2v) is 7.83. The van der Waals surface area contributed by atoms with Crippen LogP contribution in [0.15, 0.2) is 47.7 Å².